The second-order valence-corrected chi connectivity index (χ2v) is 5.51. The van der Waals surface area contributed by atoms with Gasteiger partial charge in [0.05, 0.1) is 0 Å². The van der Waals surface area contributed by atoms with Gasteiger partial charge in [-0.25, -0.2) is 16.8 Å². The Hall–Kier alpha value is 0.600. The average Bonchev–Trinajstić information content (AvgIpc) is 1.14. The summed E-state index contributed by atoms with van der Waals surface area (Å²) in [7, 11) is -8.30. The summed E-state index contributed by atoms with van der Waals surface area (Å²) in [6.45, 7) is 0. The van der Waals surface area contributed by atoms with Crippen LogP contribution in [0.2, 0.25) is 0 Å². The molecule has 0 saturated heterocycles. The molecule has 5 nitrogen and oxygen atoms in total. The number of rotatable bonds is 2. The van der Waals surface area contributed by atoms with E-state index in [2.05, 4.69) is 0 Å². The predicted octanol–water partition coefficient (Wildman–Crippen LogP) is -1.47. The van der Waals surface area contributed by atoms with Crippen molar-refractivity contribution < 1.29 is 43.8 Å². The molecule has 10 heavy (non-hydrogen) atoms. The summed E-state index contributed by atoms with van der Waals surface area (Å²) in [6.07, 6.45) is 0.683. The van der Waals surface area contributed by atoms with E-state index < -0.39 is 25.0 Å². The molecule has 0 radical (unpaired) electrons. The van der Waals surface area contributed by atoms with Gasteiger partial charge in [-0.15, -0.1) is 0 Å². The van der Waals surface area contributed by atoms with Crippen molar-refractivity contribution in [3.63, 3.8) is 0 Å². The van der Waals surface area contributed by atoms with Gasteiger partial charge in [-0.3, -0.25) is 0 Å². The first-order valence-corrected chi connectivity index (χ1v) is 5.46. The Morgan fingerprint density at radius 2 is 1.50 bits per heavy atom. The van der Waals surface area contributed by atoms with Crippen LogP contribution in [0.4, 0.5) is 0 Å². The molecule has 0 atom stereocenters. The number of sulfone groups is 1. The Morgan fingerprint density at radius 1 is 1.20 bits per heavy atom. The molecule has 0 aromatic rings. The van der Waals surface area contributed by atoms with Gasteiger partial charge in [0.1, 0.15) is 15.2 Å². The summed E-state index contributed by atoms with van der Waals surface area (Å²) in [4.78, 5) is 0. The second kappa shape index (κ2) is 3.84. The molecule has 0 fully saturated rings. The van der Waals surface area contributed by atoms with E-state index in [4.69, 9.17) is 0 Å². The maximum Gasteiger partial charge on any atom is 1.00 e. The quantitative estimate of drug-likeness (QED) is 0.455. The molecule has 0 amide bonds. The van der Waals surface area contributed by atoms with Crippen molar-refractivity contribution in [1.29, 1.82) is 0 Å². The largest absolute Gasteiger partial charge is 1.00 e. The molecule has 0 heterocycles. The summed E-state index contributed by atoms with van der Waals surface area (Å²) in [5, 5.41) is -1.32. The minimum absolute atomic E-state index is 0. The summed E-state index contributed by atoms with van der Waals surface area (Å²) in [5.74, 6) is 0. The Morgan fingerprint density at radius 3 is 1.50 bits per heavy atom. The molecular formula is C2H5AgO5S2. The molecular weight excluding hydrogens is 276 g/mol. The Labute approximate surface area is 75.0 Å². The Kier molecular flexibility index (Phi) is 5.07. The standard InChI is InChI=1S/C2H6O5S2.Ag/c1-8(3,4)2-9(5,6)7;/h2H2,1H3,(H,5,6,7);/q;+1/p-1. The molecule has 66 valence electrons. The topological polar surface area (TPSA) is 91.3 Å². The molecule has 8 heteroatoms. The van der Waals surface area contributed by atoms with E-state index in [1.54, 1.807) is 0 Å². The van der Waals surface area contributed by atoms with Crippen LogP contribution in [0.5, 0.6) is 0 Å². The molecule has 0 rings (SSSR count). The van der Waals surface area contributed by atoms with Gasteiger partial charge in [-0.1, -0.05) is 0 Å². The first kappa shape index (κ1) is 13.2. The van der Waals surface area contributed by atoms with Gasteiger partial charge in [0.15, 0.2) is 9.84 Å². The zero-order valence-corrected chi connectivity index (χ0v) is 7.98. The maximum absolute atomic E-state index is 10.1. The van der Waals surface area contributed by atoms with Gasteiger partial charge in [-0.05, 0) is 0 Å². The SMILES string of the molecule is CS(=O)(=O)CS(=O)(=O)[O-].[Ag+]. The van der Waals surface area contributed by atoms with Crippen molar-refractivity contribution in [2.75, 3.05) is 11.3 Å². The smallest absolute Gasteiger partial charge is 0.747 e. The van der Waals surface area contributed by atoms with E-state index in [0.29, 0.717) is 6.26 Å². The van der Waals surface area contributed by atoms with Crippen molar-refractivity contribution in [2.24, 2.45) is 0 Å². The molecule has 0 aromatic heterocycles. The van der Waals surface area contributed by atoms with Crippen LogP contribution in [0, 0.1) is 0 Å². The Bertz CT molecular complexity index is 243. The van der Waals surface area contributed by atoms with E-state index in [9.17, 15) is 21.4 Å². The van der Waals surface area contributed by atoms with Crippen molar-refractivity contribution in [3.8, 4) is 0 Å². The van der Waals surface area contributed by atoms with E-state index in [1.807, 2.05) is 0 Å². The first-order valence-electron chi connectivity index (χ1n) is 1.82. The third kappa shape index (κ3) is 11.4. The van der Waals surface area contributed by atoms with Crippen LogP contribution in [0.1, 0.15) is 0 Å². The van der Waals surface area contributed by atoms with Gasteiger partial charge in [-0.2, -0.15) is 0 Å². The second-order valence-electron chi connectivity index (χ2n) is 1.60. The van der Waals surface area contributed by atoms with Crippen molar-refractivity contribution in [3.05, 3.63) is 0 Å². The Balaban J connectivity index is 0. The van der Waals surface area contributed by atoms with Crippen LogP contribution in [0.25, 0.3) is 0 Å². The van der Waals surface area contributed by atoms with Crippen LogP contribution in [-0.4, -0.2) is 32.7 Å². The van der Waals surface area contributed by atoms with Crippen molar-refractivity contribution in [1.82, 2.24) is 0 Å². The monoisotopic (exact) mass is 280 g/mol. The van der Waals surface area contributed by atoms with Gasteiger partial charge in [0.25, 0.3) is 0 Å². The van der Waals surface area contributed by atoms with Crippen LogP contribution < -0.4 is 0 Å². The zero-order valence-electron chi connectivity index (χ0n) is 4.87. The van der Waals surface area contributed by atoms with Gasteiger partial charge >= 0.3 is 22.4 Å². The molecule has 0 aliphatic rings. The van der Waals surface area contributed by atoms with Crippen molar-refractivity contribution in [2.45, 2.75) is 0 Å². The van der Waals surface area contributed by atoms with Gasteiger partial charge in [0.2, 0.25) is 0 Å². The predicted molar refractivity (Wildman–Crippen MR) is 29.4 cm³/mol. The number of hydrogen-bond donors (Lipinski definition) is 0. The third-order valence-corrected chi connectivity index (χ3v) is 3.23. The van der Waals surface area contributed by atoms with E-state index in [0.717, 1.165) is 0 Å². The molecule has 0 saturated carbocycles. The fourth-order valence-corrected chi connectivity index (χ4v) is 2.36. The average molecular weight is 281 g/mol. The fraction of sp³-hybridized carbons (Fsp3) is 1.00. The number of hydrogen-bond acceptors (Lipinski definition) is 5. The zero-order chi connectivity index (χ0) is 7.71. The molecule has 0 aliphatic heterocycles. The normalized spacial score (nSPS) is 12.2. The molecule has 0 spiro atoms. The summed E-state index contributed by atoms with van der Waals surface area (Å²) in [6, 6.07) is 0. The molecule has 0 N–H and O–H groups in total. The summed E-state index contributed by atoms with van der Waals surface area (Å²) < 4.78 is 49.3. The maximum atomic E-state index is 10.1. The molecule has 0 aromatic carbocycles. The van der Waals surface area contributed by atoms with Crippen LogP contribution in [0.15, 0.2) is 0 Å². The van der Waals surface area contributed by atoms with Gasteiger partial charge in [0, 0.05) is 6.26 Å². The third-order valence-electron chi connectivity index (χ3n) is 0.358. The summed E-state index contributed by atoms with van der Waals surface area (Å²) in [5.41, 5.74) is 0. The minimum Gasteiger partial charge on any atom is -0.747 e. The van der Waals surface area contributed by atoms with Crippen molar-refractivity contribution >= 4 is 20.0 Å². The van der Waals surface area contributed by atoms with Gasteiger partial charge < -0.3 is 4.55 Å². The molecule has 0 aliphatic carbocycles. The minimum atomic E-state index is -4.62. The van der Waals surface area contributed by atoms with Crippen LogP contribution in [0.3, 0.4) is 0 Å². The van der Waals surface area contributed by atoms with Crippen LogP contribution >= 0.6 is 0 Å². The summed E-state index contributed by atoms with van der Waals surface area (Å²) >= 11 is 0. The molecule has 0 bridgehead atoms. The molecule has 0 unspecified atom stereocenters. The van der Waals surface area contributed by atoms with E-state index in [-0.39, 0.29) is 22.4 Å². The first-order chi connectivity index (χ1) is 3.71. The fourth-order valence-electron chi connectivity index (χ4n) is 0.262. The van der Waals surface area contributed by atoms with E-state index in [1.165, 1.54) is 0 Å². The van der Waals surface area contributed by atoms with E-state index >= 15 is 0 Å². The van der Waals surface area contributed by atoms with Crippen LogP contribution in [-0.2, 0) is 42.3 Å².